The third-order valence-electron chi connectivity index (χ3n) is 8.95. The Hall–Kier alpha value is -0.0400. The monoisotopic (exact) mass is 461 g/mol. The molecule has 2 saturated carbocycles. The van der Waals surface area contributed by atoms with Gasteiger partial charge in [-0.25, -0.2) is 0 Å². The fraction of sp³-hybridized carbons (Fsp3) is 1.00. The SMILES string of the molecule is CC1CCCCCCCCC(NCCCCCCCC2CCCCCCCCCC2)CCC1. The first-order valence-electron chi connectivity index (χ1n) is 16.1. The molecule has 2 atom stereocenters. The Labute approximate surface area is 210 Å². The maximum Gasteiger partial charge on any atom is 0.00670 e. The second-order valence-corrected chi connectivity index (χ2v) is 12.2. The number of hydrogen-bond donors (Lipinski definition) is 1. The molecule has 0 aromatic rings. The molecule has 1 N–H and O–H groups in total. The molecule has 2 aliphatic carbocycles. The summed E-state index contributed by atoms with van der Waals surface area (Å²) in [4.78, 5) is 0. The predicted octanol–water partition coefficient (Wildman–Crippen LogP) is 10.8. The zero-order chi connectivity index (χ0) is 23.2. The van der Waals surface area contributed by atoms with E-state index in [2.05, 4.69) is 12.2 Å². The first kappa shape index (κ1) is 29.2. The maximum atomic E-state index is 3.98. The van der Waals surface area contributed by atoms with E-state index in [4.69, 9.17) is 0 Å². The number of rotatable bonds is 9. The zero-order valence-corrected chi connectivity index (χ0v) is 23.0. The van der Waals surface area contributed by atoms with Crippen LogP contribution in [0.25, 0.3) is 0 Å². The van der Waals surface area contributed by atoms with Gasteiger partial charge in [0.15, 0.2) is 0 Å². The third kappa shape index (κ3) is 17.1. The summed E-state index contributed by atoms with van der Waals surface area (Å²) >= 11 is 0. The van der Waals surface area contributed by atoms with Gasteiger partial charge in [-0.1, -0.05) is 161 Å². The summed E-state index contributed by atoms with van der Waals surface area (Å²) in [5.41, 5.74) is 0. The fourth-order valence-electron chi connectivity index (χ4n) is 6.55. The predicted molar refractivity (Wildman–Crippen MR) is 149 cm³/mol. The van der Waals surface area contributed by atoms with Gasteiger partial charge in [-0.05, 0) is 37.6 Å². The molecule has 2 unspecified atom stereocenters. The van der Waals surface area contributed by atoms with Crippen molar-refractivity contribution in [3.63, 3.8) is 0 Å². The minimum Gasteiger partial charge on any atom is -0.314 e. The van der Waals surface area contributed by atoms with Gasteiger partial charge in [-0.2, -0.15) is 0 Å². The molecule has 0 spiro atoms. The van der Waals surface area contributed by atoms with Crippen LogP contribution in [0.2, 0.25) is 0 Å². The molecule has 33 heavy (non-hydrogen) atoms. The van der Waals surface area contributed by atoms with E-state index in [-0.39, 0.29) is 0 Å². The molecule has 0 amide bonds. The van der Waals surface area contributed by atoms with Gasteiger partial charge in [-0.15, -0.1) is 0 Å². The highest BCUT2D eigenvalue weighted by Gasteiger charge is 2.11. The van der Waals surface area contributed by atoms with Crippen LogP contribution in [0, 0.1) is 11.8 Å². The van der Waals surface area contributed by atoms with Crippen molar-refractivity contribution in [1.82, 2.24) is 5.32 Å². The molecular weight excluding hydrogens is 398 g/mol. The van der Waals surface area contributed by atoms with Crippen molar-refractivity contribution in [3.05, 3.63) is 0 Å². The molecule has 2 fully saturated rings. The van der Waals surface area contributed by atoms with E-state index in [1.54, 1.807) is 0 Å². The smallest absolute Gasteiger partial charge is 0.00670 e. The largest absolute Gasteiger partial charge is 0.314 e. The average Bonchev–Trinajstić information content (AvgIpc) is 2.86. The number of hydrogen-bond acceptors (Lipinski definition) is 1. The van der Waals surface area contributed by atoms with E-state index in [0.29, 0.717) is 0 Å². The van der Waals surface area contributed by atoms with Crippen molar-refractivity contribution in [1.29, 1.82) is 0 Å². The Bertz CT molecular complexity index is 393. The summed E-state index contributed by atoms with van der Waals surface area (Å²) in [6.45, 7) is 3.76. The summed E-state index contributed by atoms with van der Waals surface area (Å²) in [5, 5.41) is 3.98. The summed E-state index contributed by atoms with van der Waals surface area (Å²) < 4.78 is 0. The van der Waals surface area contributed by atoms with Gasteiger partial charge < -0.3 is 5.32 Å². The lowest BCUT2D eigenvalue weighted by molar-refractivity contribution is 0.370. The summed E-state index contributed by atoms with van der Waals surface area (Å²) in [6, 6.07) is 0.801. The second kappa shape index (κ2) is 21.3. The number of unbranched alkanes of at least 4 members (excludes halogenated alkanes) is 4. The molecule has 0 aliphatic heterocycles. The maximum absolute atomic E-state index is 3.98. The Kier molecular flexibility index (Phi) is 18.8. The van der Waals surface area contributed by atoms with Crippen LogP contribution in [0.4, 0.5) is 0 Å². The number of nitrogens with one attached hydrogen (secondary N) is 1. The van der Waals surface area contributed by atoms with Crippen LogP contribution in [0.3, 0.4) is 0 Å². The van der Waals surface area contributed by atoms with E-state index in [1.807, 2.05) is 0 Å². The third-order valence-corrected chi connectivity index (χ3v) is 8.95. The highest BCUT2D eigenvalue weighted by molar-refractivity contribution is 4.69. The molecule has 0 heterocycles. The van der Waals surface area contributed by atoms with Gasteiger partial charge >= 0.3 is 0 Å². The molecule has 0 radical (unpaired) electrons. The van der Waals surface area contributed by atoms with Crippen LogP contribution in [0.1, 0.15) is 180 Å². The first-order chi connectivity index (χ1) is 16.3. The van der Waals surface area contributed by atoms with Crippen LogP contribution < -0.4 is 5.32 Å². The minimum absolute atomic E-state index is 0.801. The van der Waals surface area contributed by atoms with Crippen LogP contribution in [0.5, 0.6) is 0 Å². The topological polar surface area (TPSA) is 12.0 Å². The molecule has 0 bridgehead atoms. The lowest BCUT2D eigenvalue weighted by atomic mass is 9.90. The van der Waals surface area contributed by atoms with E-state index in [1.165, 1.54) is 180 Å². The zero-order valence-electron chi connectivity index (χ0n) is 23.0. The molecule has 2 aliphatic rings. The van der Waals surface area contributed by atoms with Crippen LogP contribution in [-0.4, -0.2) is 12.6 Å². The minimum atomic E-state index is 0.801. The molecule has 1 nitrogen and oxygen atoms in total. The van der Waals surface area contributed by atoms with Gasteiger partial charge in [-0.3, -0.25) is 0 Å². The fourth-order valence-corrected chi connectivity index (χ4v) is 6.55. The first-order valence-corrected chi connectivity index (χ1v) is 16.1. The van der Waals surface area contributed by atoms with Gasteiger partial charge in [0.1, 0.15) is 0 Å². The van der Waals surface area contributed by atoms with Crippen molar-refractivity contribution in [2.45, 2.75) is 186 Å². The normalized spacial score (nSPS) is 26.5. The molecule has 2 rings (SSSR count). The van der Waals surface area contributed by atoms with E-state index in [0.717, 1.165) is 17.9 Å². The molecule has 0 aromatic carbocycles. The molecule has 0 aromatic heterocycles. The Morgan fingerprint density at radius 2 is 0.909 bits per heavy atom. The van der Waals surface area contributed by atoms with E-state index in [9.17, 15) is 0 Å². The van der Waals surface area contributed by atoms with Gasteiger partial charge in [0.2, 0.25) is 0 Å². The van der Waals surface area contributed by atoms with Crippen molar-refractivity contribution in [2.75, 3.05) is 6.54 Å². The van der Waals surface area contributed by atoms with Crippen LogP contribution in [0.15, 0.2) is 0 Å². The van der Waals surface area contributed by atoms with E-state index < -0.39 is 0 Å². The summed E-state index contributed by atoms with van der Waals surface area (Å²) in [7, 11) is 0. The molecule has 196 valence electrons. The van der Waals surface area contributed by atoms with Crippen LogP contribution in [-0.2, 0) is 0 Å². The van der Waals surface area contributed by atoms with Crippen molar-refractivity contribution in [3.8, 4) is 0 Å². The molecule has 0 saturated heterocycles. The second-order valence-electron chi connectivity index (χ2n) is 12.2. The Morgan fingerprint density at radius 1 is 0.455 bits per heavy atom. The van der Waals surface area contributed by atoms with E-state index >= 15 is 0 Å². The van der Waals surface area contributed by atoms with Gasteiger partial charge in [0, 0.05) is 6.04 Å². The van der Waals surface area contributed by atoms with Gasteiger partial charge in [0.25, 0.3) is 0 Å². The van der Waals surface area contributed by atoms with Crippen molar-refractivity contribution in [2.24, 2.45) is 11.8 Å². The Balaban J connectivity index is 1.49. The lowest BCUT2D eigenvalue weighted by Crippen LogP contribution is -2.30. The van der Waals surface area contributed by atoms with Crippen molar-refractivity contribution < 1.29 is 0 Å². The van der Waals surface area contributed by atoms with Crippen LogP contribution >= 0.6 is 0 Å². The molecule has 1 heteroatoms. The van der Waals surface area contributed by atoms with Crippen molar-refractivity contribution >= 4 is 0 Å². The van der Waals surface area contributed by atoms with Gasteiger partial charge in [0.05, 0.1) is 0 Å². The quantitative estimate of drug-likeness (QED) is 0.336. The Morgan fingerprint density at radius 3 is 1.58 bits per heavy atom. The summed E-state index contributed by atoms with van der Waals surface area (Å²) in [6.07, 6.45) is 40.0. The lowest BCUT2D eigenvalue weighted by Gasteiger charge is -2.20. The standard InChI is InChI=1S/C32H63N/c1-30-22-15-9-6-7-13-19-27-32(28-21-23-30)33-29-20-14-8-12-18-26-31-24-16-10-4-2-3-5-11-17-25-31/h30-33H,2-29H2,1H3. The highest BCUT2D eigenvalue weighted by Crippen LogP contribution is 2.26. The highest BCUT2D eigenvalue weighted by atomic mass is 14.9. The summed E-state index contributed by atoms with van der Waals surface area (Å²) in [5.74, 6) is 2.00. The average molecular weight is 462 g/mol. The molecular formula is C32H63N.